The smallest absolute Gasteiger partial charge is 0.389 e. The summed E-state index contributed by atoms with van der Waals surface area (Å²) in [7, 11) is 0. The van der Waals surface area contributed by atoms with Crippen LogP contribution in [0.1, 0.15) is 30.7 Å². The number of ether oxygens (including phenoxy) is 1. The van der Waals surface area contributed by atoms with E-state index in [-0.39, 0.29) is 18.5 Å². The molecule has 3 aromatic rings. The first-order valence-electron chi connectivity index (χ1n) is 9.71. The fourth-order valence-electron chi connectivity index (χ4n) is 3.76. The fourth-order valence-corrected chi connectivity index (χ4v) is 3.76. The molecule has 4 rings (SSSR count). The molecule has 1 amide bonds. The van der Waals surface area contributed by atoms with Crippen LogP contribution in [0, 0.1) is 6.92 Å². The van der Waals surface area contributed by atoms with Crippen LogP contribution in [0.15, 0.2) is 42.7 Å². The average molecular weight is 413 g/mol. The minimum atomic E-state index is -0.369. The second-order valence-corrected chi connectivity index (χ2v) is 6.94. The SMILES string of the molecule is CCN(CC)C(=O)Oc1nn(-c2ccncc2)c2c1-c1ccc(C)cc1CC2.Cl. The van der Waals surface area contributed by atoms with E-state index in [0.717, 1.165) is 35.3 Å². The van der Waals surface area contributed by atoms with Crippen LogP contribution >= 0.6 is 12.4 Å². The van der Waals surface area contributed by atoms with Crippen LogP contribution in [0.4, 0.5) is 4.79 Å². The van der Waals surface area contributed by atoms with Gasteiger partial charge in [0.1, 0.15) is 0 Å². The molecule has 1 aliphatic rings. The molecule has 1 aliphatic carbocycles. The molecule has 1 aromatic carbocycles. The number of amides is 1. The van der Waals surface area contributed by atoms with Crippen LogP contribution in [0.2, 0.25) is 0 Å². The Morgan fingerprint density at radius 3 is 2.55 bits per heavy atom. The minimum absolute atomic E-state index is 0. The van der Waals surface area contributed by atoms with Crippen LogP contribution in [-0.2, 0) is 12.8 Å². The number of rotatable bonds is 4. The summed E-state index contributed by atoms with van der Waals surface area (Å²) in [5, 5.41) is 4.69. The van der Waals surface area contributed by atoms with Gasteiger partial charge in [-0.15, -0.1) is 17.5 Å². The van der Waals surface area contributed by atoms with E-state index in [1.165, 1.54) is 11.1 Å². The van der Waals surface area contributed by atoms with Gasteiger partial charge in [-0.2, -0.15) is 0 Å². The highest BCUT2D eigenvalue weighted by Crippen LogP contribution is 2.41. The lowest BCUT2D eigenvalue weighted by Gasteiger charge is -2.20. The van der Waals surface area contributed by atoms with Crippen molar-refractivity contribution in [3.63, 3.8) is 0 Å². The summed E-state index contributed by atoms with van der Waals surface area (Å²) in [4.78, 5) is 18.4. The fraction of sp³-hybridized carbons (Fsp3) is 0.318. The number of carbonyl (C=O) groups excluding carboxylic acids is 1. The Hall–Kier alpha value is -2.86. The van der Waals surface area contributed by atoms with Crippen molar-refractivity contribution < 1.29 is 9.53 Å². The van der Waals surface area contributed by atoms with E-state index in [9.17, 15) is 4.79 Å². The highest BCUT2D eigenvalue weighted by atomic mass is 35.5. The van der Waals surface area contributed by atoms with Gasteiger partial charge >= 0.3 is 6.09 Å². The van der Waals surface area contributed by atoms with Gasteiger partial charge in [0.05, 0.1) is 16.9 Å². The lowest BCUT2D eigenvalue weighted by Crippen LogP contribution is -2.33. The highest BCUT2D eigenvalue weighted by molar-refractivity contribution is 5.85. The summed E-state index contributed by atoms with van der Waals surface area (Å²) in [5.41, 5.74) is 6.47. The van der Waals surface area contributed by atoms with E-state index in [2.05, 4.69) is 30.1 Å². The van der Waals surface area contributed by atoms with Gasteiger partial charge in [-0.25, -0.2) is 9.48 Å². The van der Waals surface area contributed by atoms with E-state index >= 15 is 0 Å². The van der Waals surface area contributed by atoms with E-state index in [0.29, 0.717) is 19.0 Å². The summed E-state index contributed by atoms with van der Waals surface area (Å²) >= 11 is 0. The summed E-state index contributed by atoms with van der Waals surface area (Å²) < 4.78 is 7.67. The van der Waals surface area contributed by atoms with Gasteiger partial charge in [-0.05, 0) is 56.9 Å². The van der Waals surface area contributed by atoms with Gasteiger partial charge in [0, 0.05) is 25.5 Å². The number of aromatic nitrogens is 3. The minimum Gasteiger partial charge on any atom is -0.389 e. The van der Waals surface area contributed by atoms with E-state index in [4.69, 9.17) is 9.84 Å². The van der Waals surface area contributed by atoms with Gasteiger partial charge in [-0.3, -0.25) is 4.98 Å². The van der Waals surface area contributed by atoms with Crippen molar-refractivity contribution in [3.05, 3.63) is 59.5 Å². The lowest BCUT2D eigenvalue weighted by molar-refractivity contribution is 0.155. The zero-order valence-corrected chi connectivity index (χ0v) is 17.7. The Balaban J connectivity index is 0.00000240. The normalized spacial score (nSPS) is 11.8. The molecule has 152 valence electrons. The molecule has 7 heteroatoms. The van der Waals surface area contributed by atoms with E-state index in [1.54, 1.807) is 17.3 Å². The number of hydrogen-bond acceptors (Lipinski definition) is 4. The van der Waals surface area contributed by atoms with Crippen LogP contribution in [0.5, 0.6) is 5.88 Å². The number of fused-ring (bicyclic) bond motifs is 3. The third-order valence-electron chi connectivity index (χ3n) is 5.22. The summed E-state index contributed by atoms with van der Waals surface area (Å²) in [5.74, 6) is 0.369. The zero-order chi connectivity index (χ0) is 19.7. The van der Waals surface area contributed by atoms with Gasteiger partial charge in [0.25, 0.3) is 5.88 Å². The number of carbonyl (C=O) groups is 1. The standard InChI is InChI=1S/C22H24N4O2.ClH/c1-4-25(5-2)22(27)28-21-20-18-8-6-15(3)14-16(18)7-9-19(20)26(24-21)17-10-12-23-13-11-17;/h6,8,10-14H,4-5,7,9H2,1-3H3;1H. The Morgan fingerprint density at radius 2 is 1.86 bits per heavy atom. The molecule has 0 fully saturated rings. The number of aryl methyl sites for hydroxylation is 2. The van der Waals surface area contributed by atoms with Crippen molar-refractivity contribution >= 4 is 18.5 Å². The van der Waals surface area contributed by atoms with Crippen molar-refractivity contribution in [2.24, 2.45) is 0 Å². The molecular formula is C22H25ClN4O2. The molecule has 0 atom stereocenters. The first kappa shape index (κ1) is 20.9. The molecule has 0 radical (unpaired) electrons. The first-order valence-corrected chi connectivity index (χ1v) is 9.71. The molecule has 29 heavy (non-hydrogen) atoms. The number of benzene rings is 1. The van der Waals surface area contributed by atoms with Gasteiger partial charge in [-0.1, -0.05) is 23.8 Å². The largest absolute Gasteiger partial charge is 0.416 e. The van der Waals surface area contributed by atoms with E-state index in [1.807, 2.05) is 30.7 Å². The summed E-state index contributed by atoms with van der Waals surface area (Å²) in [6.07, 6.45) is 4.89. The maximum absolute atomic E-state index is 12.6. The predicted molar refractivity (Wildman–Crippen MR) is 115 cm³/mol. The van der Waals surface area contributed by atoms with Crippen LogP contribution < -0.4 is 4.74 Å². The second kappa shape index (κ2) is 8.66. The molecule has 2 heterocycles. The Kier molecular flexibility index (Phi) is 6.23. The molecule has 2 aromatic heterocycles. The second-order valence-electron chi connectivity index (χ2n) is 6.94. The van der Waals surface area contributed by atoms with Crippen molar-refractivity contribution in [2.45, 2.75) is 33.6 Å². The van der Waals surface area contributed by atoms with Crippen LogP contribution in [0.3, 0.4) is 0 Å². The maximum Gasteiger partial charge on any atom is 0.416 e. The maximum atomic E-state index is 12.6. The van der Waals surface area contributed by atoms with Crippen LogP contribution in [0.25, 0.3) is 16.8 Å². The number of hydrogen-bond donors (Lipinski definition) is 0. The third-order valence-corrected chi connectivity index (χ3v) is 5.22. The van der Waals surface area contributed by atoms with Gasteiger partial charge in [0.15, 0.2) is 0 Å². The van der Waals surface area contributed by atoms with Crippen molar-refractivity contribution in [3.8, 4) is 22.7 Å². The first-order chi connectivity index (χ1) is 13.6. The zero-order valence-electron chi connectivity index (χ0n) is 16.9. The van der Waals surface area contributed by atoms with Crippen LogP contribution in [-0.4, -0.2) is 38.8 Å². The molecule has 0 N–H and O–H groups in total. The lowest BCUT2D eigenvalue weighted by atomic mass is 9.88. The Bertz CT molecular complexity index is 1010. The number of pyridine rings is 1. The molecule has 0 saturated heterocycles. The Labute approximate surface area is 176 Å². The summed E-state index contributed by atoms with van der Waals surface area (Å²) in [6.45, 7) is 7.16. The molecule has 0 bridgehead atoms. The topological polar surface area (TPSA) is 60.3 Å². The van der Waals surface area contributed by atoms with Gasteiger partial charge in [0.2, 0.25) is 0 Å². The number of nitrogens with zero attached hydrogens (tertiary/aromatic N) is 4. The predicted octanol–water partition coefficient (Wildman–Crippen LogP) is 4.60. The monoisotopic (exact) mass is 412 g/mol. The van der Waals surface area contributed by atoms with Crippen molar-refractivity contribution in [2.75, 3.05) is 13.1 Å². The van der Waals surface area contributed by atoms with Gasteiger partial charge < -0.3 is 9.64 Å². The average Bonchev–Trinajstić information content (AvgIpc) is 3.08. The molecule has 0 aliphatic heterocycles. The highest BCUT2D eigenvalue weighted by Gasteiger charge is 2.29. The van der Waals surface area contributed by atoms with E-state index < -0.39 is 0 Å². The molecule has 0 spiro atoms. The van der Waals surface area contributed by atoms with Crippen molar-refractivity contribution in [1.29, 1.82) is 0 Å². The van der Waals surface area contributed by atoms with Crippen molar-refractivity contribution in [1.82, 2.24) is 19.7 Å². The summed E-state index contributed by atoms with van der Waals surface area (Å²) in [6, 6.07) is 10.2. The quantitative estimate of drug-likeness (QED) is 0.628. The third kappa shape index (κ3) is 3.85. The molecule has 0 saturated carbocycles. The Morgan fingerprint density at radius 1 is 1.14 bits per heavy atom. The molecule has 0 unspecified atom stereocenters. The molecular weight excluding hydrogens is 388 g/mol. The number of halogens is 1. The molecule has 6 nitrogen and oxygen atoms in total.